The van der Waals surface area contributed by atoms with Gasteiger partial charge in [-0.15, -0.1) is 0 Å². The molecule has 1 rings (SSSR count). The van der Waals surface area contributed by atoms with Crippen LogP contribution in [0.5, 0.6) is 0 Å². The van der Waals surface area contributed by atoms with Crippen molar-refractivity contribution in [3.05, 3.63) is 0 Å². The average molecular weight is 228 g/mol. The third kappa shape index (κ3) is 4.40. The number of hydrogen-bond donors (Lipinski definition) is 1. The molecule has 1 fully saturated rings. The largest absolute Gasteiger partial charge is 0.380 e. The number of methoxy groups -OCH3 is 1. The number of nitrogens with two attached hydrogens (primary N) is 1. The molecule has 0 bridgehead atoms. The predicted molar refractivity (Wildman–Crippen MR) is 68.5 cm³/mol. The number of rotatable bonds is 6. The molecule has 0 heterocycles. The topological polar surface area (TPSA) is 38.5 Å². The van der Waals surface area contributed by atoms with Gasteiger partial charge in [0.25, 0.3) is 0 Å². The van der Waals surface area contributed by atoms with Gasteiger partial charge >= 0.3 is 0 Å². The van der Waals surface area contributed by atoms with E-state index in [-0.39, 0.29) is 6.10 Å². The molecule has 96 valence electrons. The molecule has 2 N–H and O–H groups in total. The number of hydrogen-bond acceptors (Lipinski definition) is 3. The second kappa shape index (κ2) is 7.25. The zero-order valence-corrected chi connectivity index (χ0v) is 11.1. The fraction of sp³-hybridized carbons (Fsp3) is 1.00. The molecule has 1 aliphatic carbocycles. The Morgan fingerprint density at radius 3 is 2.44 bits per heavy atom. The molecular formula is C13H28N2O. The van der Waals surface area contributed by atoms with E-state index < -0.39 is 0 Å². The molecule has 0 aromatic heterocycles. The molecule has 0 spiro atoms. The smallest absolute Gasteiger partial charge is 0.0705 e. The molecule has 0 radical (unpaired) electrons. The average Bonchev–Trinajstić information content (AvgIpc) is 2.31. The predicted octanol–water partition coefficient (Wildman–Crippen LogP) is 1.86. The van der Waals surface area contributed by atoms with Crippen molar-refractivity contribution in [2.75, 3.05) is 27.2 Å². The van der Waals surface area contributed by atoms with Gasteiger partial charge in [0, 0.05) is 26.2 Å². The monoisotopic (exact) mass is 228 g/mol. The maximum atomic E-state index is 5.62. The zero-order valence-electron chi connectivity index (χ0n) is 11.1. The third-order valence-electron chi connectivity index (χ3n) is 4.01. The molecular weight excluding hydrogens is 200 g/mol. The summed E-state index contributed by atoms with van der Waals surface area (Å²) in [6, 6.07) is 0.784. The lowest BCUT2D eigenvalue weighted by molar-refractivity contribution is 0.0810. The minimum atomic E-state index is 0.227. The summed E-state index contributed by atoms with van der Waals surface area (Å²) < 4.78 is 5.30. The van der Waals surface area contributed by atoms with Gasteiger partial charge in [-0.1, -0.05) is 6.92 Å². The summed E-state index contributed by atoms with van der Waals surface area (Å²) in [5.74, 6) is 0.931. The van der Waals surface area contributed by atoms with E-state index in [9.17, 15) is 0 Å². The molecule has 0 saturated heterocycles. The van der Waals surface area contributed by atoms with E-state index >= 15 is 0 Å². The highest BCUT2D eigenvalue weighted by atomic mass is 16.5. The van der Waals surface area contributed by atoms with Crippen LogP contribution in [0.4, 0.5) is 0 Å². The van der Waals surface area contributed by atoms with Crippen molar-refractivity contribution >= 4 is 0 Å². The van der Waals surface area contributed by atoms with E-state index in [1.165, 1.54) is 25.7 Å². The van der Waals surface area contributed by atoms with Gasteiger partial charge in [0.1, 0.15) is 0 Å². The molecule has 3 heteroatoms. The van der Waals surface area contributed by atoms with Crippen LogP contribution >= 0.6 is 0 Å². The second-order valence-electron chi connectivity index (χ2n) is 5.28. The Balaban J connectivity index is 2.21. The Morgan fingerprint density at radius 2 is 1.94 bits per heavy atom. The molecule has 16 heavy (non-hydrogen) atoms. The van der Waals surface area contributed by atoms with Gasteiger partial charge in [-0.2, -0.15) is 0 Å². The van der Waals surface area contributed by atoms with Crippen molar-refractivity contribution in [1.82, 2.24) is 4.90 Å². The minimum Gasteiger partial charge on any atom is -0.380 e. The van der Waals surface area contributed by atoms with Crippen LogP contribution < -0.4 is 5.73 Å². The first kappa shape index (κ1) is 13.9. The maximum Gasteiger partial charge on any atom is 0.0705 e. The zero-order chi connectivity index (χ0) is 12.0. The van der Waals surface area contributed by atoms with Crippen molar-refractivity contribution in [2.24, 2.45) is 11.7 Å². The van der Waals surface area contributed by atoms with Crippen LogP contribution in [-0.2, 0) is 4.74 Å². The summed E-state index contributed by atoms with van der Waals surface area (Å²) in [4.78, 5) is 2.49. The fourth-order valence-electron chi connectivity index (χ4n) is 2.55. The molecule has 1 atom stereocenters. The summed E-state index contributed by atoms with van der Waals surface area (Å²) in [6.45, 7) is 4.10. The Labute approximate surface area is 100 Å². The molecule has 1 unspecified atom stereocenters. The van der Waals surface area contributed by atoms with Crippen LogP contribution in [0.15, 0.2) is 0 Å². The van der Waals surface area contributed by atoms with Gasteiger partial charge in [0.15, 0.2) is 0 Å². The quantitative estimate of drug-likeness (QED) is 0.754. The van der Waals surface area contributed by atoms with Gasteiger partial charge in [0.2, 0.25) is 0 Å². The van der Waals surface area contributed by atoms with Crippen molar-refractivity contribution < 1.29 is 4.74 Å². The molecule has 0 amide bonds. The SMILES string of the molecule is COC(CN)CCN(C)C1CCC(C)CC1. The highest BCUT2D eigenvalue weighted by Gasteiger charge is 2.21. The second-order valence-corrected chi connectivity index (χ2v) is 5.28. The van der Waals surface area contributed by atoms with Crippen molar-refractivity contribution in [3.8, 4) is 0 Å². The normalized spacial score (nSPS) is 28.3. The van der Waals surface area contributed by atoms with Crippen molar-refractivity contribution in [2.45, 2.75) is 51.2 Å². The van der Waals surface area contributed by atoms with Gasteiger partial charge in [-0.25, -0.2) is 0 Å². The van der Waals surface area contributed by atoms with E-state index in [1.807, 2.05) is 0 Å². The van der Waals surface area contributed by atoms with Crippen LogP contribution in [0.3, 0.4) is 0 Å². The molecule has 3 nitrogen and oxygen atoms in total. The van der Waals surface area contributed by atoms with Gasteiger partial charge in [-0.05, 0) is 45.1 Å². The van der Waals surface area contributed by atoms with E-state index in [2.05, 4.69) is 18.9 Å². The van der Waals surface area contributed by atoms with E-state index in [0.717, 1.165) is 24.9 Å². The molecule has 0 aromatic rings. The summed E-state index contributed by atoms with van der Waals surface area (Å²) in [7, 11) is 3.99. The Kier molecular flexibility index (Phi) is 6.32. The van der Waals surface area contributed by atoms with Crippen molar-refractivity contribution in [1.29, 1.82) is 0 Å². The maximum absolute atomic E-state index is 5.62. The Bertz CT molecular complexity index is 175. The van der Waals surface area contributed by atoms with Gasteiger partial charge < -0.3 is 15.4 Å². The van der Waals surface area contributed by atoms with Gasteiger partial charge in [-0.3, -0.25) is 0 Å². The van der Waals surface area contributed by atoms with Crippen LogP contribution in [0.25, 0.3) is 0 Å². The molecule has 0 aromatic carbocycles. The minimum absolute atomic E-state index is 0.227. The third-order valence-corrected chi connectivity index (χ3v) is 4.01. The van der Waals surface area contributed by atoms with Crippen molar-refractivity contribution in [3.63, 3.8) is 0 Å². The first-order chi connectivity index (χ1) is 7.67. The Hall–Kier alpha value is -0.120. The highest BCUT2D eigenvalue weighted by molar-refractivity contribution is 4.77. The summed E-state index contributed by atoms with van der Waals surface area (Å²) in [5, 5.41) is 0. The first-order valence-electron chi connectivity index (χ1n) is 6.60. The molecule has 1 saturated carbocycles. The number of ether oxygens (including phenoxy) is 1. The van der Waals surface area contributed by atoms with E-state index in [4.69, 9.17) is 10.5 Å². The van der Waals surface area contributed by atoms with Crippen LogP contribution in [0, 0.1) is 5.92 Å². The van der Waals surface area contributed by atoms with Crippen LogP contribution in [-0.4, -0.2) is 44.3 Å². The fourth-order valence-corrected chi connectivity index (χ4v) is 2.55. The van der Waals surface area contributed by atoms with E-state index in [1.54, 1.807) is 7.11 Å². The Morgan fingerprint density at radius 1 is 1.31 bits per heavy atom. The standard InChI is InChI=1S/C13H28N2O/c1-11-4-6-12(7-5-11)15(2)9-8-13(10-14)16-3/h11-13H,4-10,14H2,1-3H3. The van der Waals surface area contributed by atoms with Crippen LogP contribution in [0.1, 0.15) is 39.0 Å². The first-order valence-corrected chi connectivity index (χ1v) is 6.60. The van der Waals surface area contributed by atoms with E-state index in [0.29, 0.717) is 6.54 Å². The highest BCUT2D eigenvalue weighted by Crippen LogP contribution is 2.26. The lowest BCUT2D eigenvalue weighted by atomic mass is 9.87. The summed E-state index contributed by atoms with van der Waals surface area (Å²) in [6.07, 6.45) is 6.77. The molecule has 1 aliphatic rings. The van der Waals surface area contributed by atoms with Gasteiger partial charge in [0.05, 0.1) is 6.10 Å². The lowest BCUT2D eigenvalue weighted by Gasteiger charge is -2.34. The summed E-state index contributed by atoms with van der Waals surface area (Å²) in [5.41, 5.74) is 5.62. The summed E-state index contributed by atoms with van der Waals surface area (Å²) >= 11 is 0. The number of nitrogens with zero attached hydrogens (tertiary/aromatic N) is 1. The lowest BCUT2D eigenvalue weighted by Crippen LogP contribution is -2.37. The van der Waals surface area contributed by atoms with Crippen LogP contribution in [0.2, 0.25) is 0 Å². The molecule has 0 aliphatic heterocycles.